The number of rotatable bonds is 4. The maximum absolute atomic E-state index is 11.7. The lowest BCUT2D eigenvalue weighted by Gasteiger charge is -2.19. The van der Waals surface area contributed by atoms with Crippen LogP contribution in [-0.4, -0.2) is 17.0 Å². The van der Waals surface area contributed by atoms with E-state index in [9.17, 15) is 9.59 Å². The summed E-state index contributed by atoms with van der Waals surface area (Å²) in [4.78, 5) is 22.2. The number of thioether (sulfide) groups is 1. The molecule has 0 amide bonds. The summed E-state index contributed by atoms with van der Waals surface area (Å²) in [5.41, 5.74) is 2.84. The lowest BCUT2D eigenvalue weighted by Crippen LogP contribution is -2.07. The molecule has 0 bridgehead atoms. The third kappa shape index (κ3) is 4.19. The van der Waals surface area contributed by atoms with Gasteiger partial charge in [-0.1, -0.05) is 25.0 Å². The van der Waals surface area contributed by atoms with Crippen molar-refractivity contribution in [3.05, 3.63) is 11.1 Å². The average molecular weight is 256 g/mol. The average Bonchev–Trinajstić information content (AvgIpc) is 2.45. The first-order chi connectivity index (χ1) is 7.83. The van der Waals surface area contributed by atoms with Gasteiger partial charge in [0.15, 0.2) is 5.12 Å². The van der Waals surface area contributed by atoms with E-state index in [1.807, 2.05) is 0 Å². The zero-order valence-electron chi connectivity index (χ0n) is 11.0. The summed E-state index contributed by atoms with van der Waals surface area (Å²) in [6.07, 6.45) is 2.62. The van der Waals surface area contributed by atoms with Gasteiger partial charge in [-0.05, 0) is 36.9 Å². The standard InChI is InChI=1S/C13H20O3S/c1-9-11(5-6-13(9,3)4)7-12(15)17-8-16-10(2)14/h5-8H2,1-4H3. The molecular weight excluding hydrogens is 236 g/mol. The first-order valence-corrected chi connectivity index (χ1v) is 6.79. The van der Waals surface area contributed by atoms with Crippen LogP contribution in [0, 0.1) is 5.41 Å². The summed E-state index contributed by atoms with van der Waals surface area (Å²) in [5, 5.41) is 0.0818. The van der Waals surface area contributed by atoms with Crippen LogP contribution in [0.15, 0.2) is 11.1 Å². The molecule has 17 heavy (non-hydrogen) atoms. The molecule has 1 aliphatic rings. The maximum Gasteiger partial charge on any atom is 0.303 e. The van der Waals surface area contributed by atoms with Crippen molar-refractivity contribution in [3.63, 3.8) is 0 Å². The van der Waals surface area contributed by atoms with Gasteiger partial charge in [0.05, 0.1) is 0 Å². The SMILES string of the molecule is CC(=O)OCSC(=O)CC1=C(C)C(C)(C)CC1. The van der Waals surface area contributed by atoms with Crippen molar-refractivity contribution < 1.29 is 14.3 Å². The monoisotopic (exact) mass is 256 g/mol. The molecule has 0 N–H and O–H groups in total. The molecular formula is C13H20O3S. The van der Waals surface area contributed by atoms with Crippen molar-refractivity contribution in [2.75, 3.05) is 5.94 Å². The van der Waals surface area contributed by atoms with Gasteiger partial charge >= 0.3 is 5.97 Å². The third-order valence-electron chi connectivity index (χ3n) is 3.44. The minimum atomic E-state index is -0.345. The van der Waals surface area contributed by atoms with Crippen LogP contribution < -0.4 is 0 Å². The van der Waals surface area contributed by atoms with Crippen LogP contribution in [0.4, 0.5) is 0 Å². The zero-order valence-corrected chi connectivity index (χ0v) is 11.8. The molecule has 0 aromatic rings. The molecule has 96 valence electrons. The van der Waals surface area contributed by atoms with Gasteiger partial charge in [0.1, 0.15) is 5.94 Å². The van der Waals surface area contributed by atoms with E-state index in [2.05, 4.69) is 20.8 Å². The van der Waals surface area contributed by atoms with Crippen molar-refractivity contribution in [2.24, 2.45) is 5.41 Å². The van der Waals surface area contributed by atoms with Crippen LogP contribution in [0.3, 0.4) is 0 Å². The first kappa shape index (κ1) is 14.3. The largest absolute Gasteiger partial charge is 0.454 e. The second-order valence-electron chi connectivity index (χ2n) is 5.06. The van der Waals surface area contributed by atoms with Gasteiger partial charge in [-0.3, -0.25) is 9.59 Å². The number of hydrogen-bond acceptors (Lipinski definition) is 4. The summed E-state index contributed by atoms with van der Waals surface area (Å²) in [7, 11) is 0. The summed E-state index contributed by atoms with van der Waals surface area (Å²) < 4.78 is 4.73. The second-order valence-corrected chi connectivity index (χ2v) is 6.04. The van der Waals surface area contributed by atoms with Crippen molar-refractivity contribution >= 4 is 22.8 Å². The van der Waals surface area contributed by atoms with Gasteiger partial charge in [0.25, 0.3) is 0 Å². The summed E-state index contributed by atoms with van der Waals surface area (Å²) in [6.45, 7) is 7.89. The fraction of sp³-hybridized carbons (Fsp3) is 0.692. The Balaban J connectivity index is 2.42. The van der Waals surface area contributed by atoms with Crippen LogP contribution in [-0.2, 0) is 14.3 Å². The van der Waals surface area contributed by atoms with E-state index in [4.69, 9.17) is 4.74 Å². The lowest BCUT2D eigenvalue weighted by molar-refractivity contribution is -0.138. The van der Waals surface area contributed by atoms with E-state index in [1.54, 1.807) is 0 Å². The molecule has 0 fully saturated rings. The molecule has 3 nitrogen and oxygen atoms in total. The molecule has 0 unspecified atom stereocenters. The fourth-order valence-corrected chi connectivity index (χ4v) is 2.57. The number of esters is 1. The Morgan fingerprint density at radius 2 is 2.06 bits per heavy atom. The Hall–Kier alpha value is -0.770. The first-order valence-electron chi connectivity index (χ1n) is 5.81. The minimum Gasteiger partial charge on any atom is -0.454 e. The smallest absolute Gasteiger partial charge is 0.303 e. The molecule has 0 aromatic carbocycles. The van der Waals surface area contributed by atoms with Gasteiger partial charge in [-0.2, -0.15) is 0 Å². The van der Waals surface area contributed by atoms with Crippen molar-refractivity contribution in [3.8, 4) is 0 Å². The van der Waals surface area contributed by atoms with Gasteiger partial charge in [0, 0.05) is 13.3 Å². The normalized spacial score (nSPS) is 18.4. The van der Waals surface area contributed by atoms with Gasteiger partial charge in [0.2, 0.25) is 0 Å². The van der Waals surface area contributed by atoms with E-state index < -0.39 is 0 Å². The predicted molar refractivity (Wildman–Crippen MR) is 69.6 cm³/mol. The van der Waals surface area contributed by atoms with Gasteiger partial charge < -0.3 is 4.74 Å². The van der Waals surface area contributed by atoms with Crippen LogP contribution in [0.1, 0.15) is 47.0 Å². The second kappa shape index (κ2) is 5.71. The number of carbonyl (C=O) groups is 2. The Bertz CT molecular complexity index is 356. The molecule has 1 rings (SSSR count). The Labute approximate surface area is 107 Å². The molecule has 0 heterocycles. The minimum absolute atomic E-state index is 0.0818. The molecule has 0 atom stereocenters. The zero-order chi connectivity index (χ0) is 13.1. The fourth-order valence-electron chi connectivity index (χ4n) is 1.94. The highest BCUT2D eigenvalue weighted by Gasteiger charge is 2.29. The van der Waals surface area contributed by atoms with E-state index in [0.717, 1.165) is 24.6 Å². The molecule has 0 spiro atoms. The van der Waals surface area contributed by atoms with E-state index >= 15 is 0 Å². The van der Waals surface area contributed by atoms with Gasteiger partial charge in [-0.25, -0.2) is 0 Å². The number of carbonyl (C=O) groups excluding carboxylic acids is 2. The molecule has 4 heteroatoms. The van der Waals surface area contributed by atoms with Crippen molar-refractivity contribution in [1.82, 2.24) is 0 Å². The van der Waals surface area contributed by atoms with Crippen LogP contribution in [0.2, 0.25) is 0 Å². The topological polar surface area (TPSA) is 43.4 Å². The van der Waals surface area contributed by atoms with E-state index in [-0.39, 0.29) is 22.4 Å². The maximum atomic E-state index is 11.7. The Morgan fingerprint density at radius 3 is 2.53 bits per heavy atom. The summed E-state index contributed by atoms with van der Waals surface area (Å²) in [6, 6.07) is 0. The predicted octanol–water partition coefficient (Wildman–Crippen LogP) is 3.29. The van der Waals surface area contributed by atoms with E-state index in [1.165, 1.54) is 18.1 Å². The number of ether oxygens (including phenoxy) is 1. The Morgan fingerprint density at radius 1 is 1.41 bits per heavy atom. The molecule has 1 aliphatic carbocycles. The Kier molecular flexibility index (Phi) is 4.80. The van der Waals surface area contributed by atoms with Crippen molar-refractivity contribution in [1.29, 1.82) is 0 Å². The van der Waals surface area contributed by atoms with E-state index in [0.29, 0.717) is 6.42 Å². The van der Waals surface area contributed by atoms with Crippen LogP contribution >= 0.6 is 11.8 Å². The lowest BCUT2D eigenvalue weighted by atomic mass is 9.86. The highest BCUT2D eigenvalue weighted by molar-refractivity contribution is 8.13. The van der Waals surface area contributed by atoms with Crippen molar-refractivity contribution in [2.45, 2.75) is 47.0 Å². The summed E-state index contributed by atoms with van der Waals surface area (Å²) >= 11 is 1.08. The van der Waals surface area contributed by atoms with Crippen LogP contribution in [0.5, 0.6) is 0 Å². The quantitative estimate of drug-likeness (QED) is 0.440. The molecule has 0 saturated heterocycles. The summed E-state index contributed by atoms with van der Waals surface area (Å²) in [5.74, 6) is -0.216. The molecule has 0 aliphatic heterocycles. The molecule has 0 radical (unpaired) electrons. The highest BCUT2D eigenvalue weighted by Crippen LogP contribution is 2.43. The number of allylic oxidation sites excluding steroid dienone is 2. The number of hydrogen-bond donors (Lipinski definition) is 0. The molecule has 0 saturated carbocycles. The van der Waals surface area contributed by atoms with Crippen LogP contribution in [0.25, 0.3) is 0 Å². The van der Waals surface area contributed by atoms with Gasteiger partial charge in [-0.15, -0.1) is 0 Å². The molecule has 0 aromatic heterocycles. The highest BCUT2D eigenvalue weighted by atomic mass is 32.2. The third-order valence-corrected chi connectivity index (χ3v) is 4.14.